The van der Waals surface area contributed by atoms with E-state index >= 15 is 0 Å². The summed E-state index contributed by atoms with van der Waals surface area (Å²) in [4.78, 5) is 0. The minimum absolute atomic E-state index is 1.31. The van der Waals surface area contributed by atoms with Crippen molar-refractivity contribution in [1.29, 1.82) is 0 Å². The quantitative estimate of drug-likeness (QED) is 0.641. The number of hydrogen-bond donors (Lipinski definition) is 0. The van der Waals surface area contributed by atoms with E-state index in [9.17, 15) is 0 Å². The van der Waals surface area contributed by atoms with Crippen LogP contribution in [0.2, 0.25) is 12.1 Å². The van der Waals surface area contributed by atoms with Gasteiger partial charge in [-0.3, -0.25) is 0 Å². The molecule has 1 rings (SSSR count). The molecule has 2 heteroatoms. The van der Waals surface area contributed by atoms with Crippen molar-refractivity contribution in [3.05, 3.63) is 30.3 Å². The fraction of sp³-hybridized carbons (Fsp3) is 0.625. The van der Waals surface area contributed by atoms with Gasteiger partial charge in [0, 0.05) is 0 Å². The van der Waals surface area contributed by atoms with Gasteiger partial charge >= 0.3 is 0 Å². The van der Waals surface area contributed by atoms with E-state index in [0.717, 1.165) is 0 Å². The summed E-state index contributed by atoms with van der Waals surface area (Å²) in [6, 6.07) is 14.1. The molecule has 1 nitrogen and oxygen atoms in total. The molecule has 0 N–H and O–H groups in total. The maximum atomic E-state index is 2.58. The Kier molecular flexibility index (Phi) is 6.65. The van der Waals surface area contributed by atoms with Crippen molar-refractivity contribution in [1.82, 2.24) is 4.57 Å². The highest BCUT2D eigenvalue weighted by molar-refractivity contribution is 6.89. The second kappa shape index (κ2) is 7.75. The van der Waals surface area contributed by atoms with Crippen molar-refractivity contribution in [2.75, 3.05) is 14.1 Å². The van der Waals surface area contributed by atoms with E-state index < -0.39 is 8.24 Å². The van der Waals surface area contributed by atoms with E-state index in [0.29, 0.717) is 0 Å². The Bertz CT molecular complexity index is 313. The van der Waals surface area contributed by atoms with Gasteiger partial charge in [0.2, 0.25) is 0 Å². The van der Waals surface area contributed by atoms with E-state index in [-0.39, 0.29) is 0 Å². The van der Waals surface area contributed by atoms with Gasteiger partial charge in [-0.1, -0.05) is 69.9 Å². The third-order valence-corrected chi connectivity index (χ3v) is 9.54. The Morgan fingerprint density at radius 3 is 1.78 bits per heavy atom. The Morgan fingerprint density at radius 2 is 1.39 bits per heavy atom. The molecule has 0 aliphatic heterocycles. The molecular weight excluding hydrogens is 234 g/mol. The molecule has 0 aromatic heterocycles. The van der Waals surface area contributed by atoms with Crippen LogP contribution in [0.1, 0.15) is 39.5 Å². The second-order valence-corrected chi connectivity index (χ2v) is 10.0. The van der Waals surface area contributed by atoms with Crippen molar-refractivity contribution >= 4 is 13.4 Å². The molecule has 18 heavy (non-hydrogen) atoms. The van der Waals surface area contributed by atoms with Gasteiger partial charge in [0.25, 0.3) is 0 Å². The minimum Gasteiger partial charge on any atom is -0.325 e. The second-order valence-electron chi connectivity index (χ2n) is 5.50. The van der Waals surface area contributed by atoms with Gasteiger partial charge in [-0.05, 0) is 31.4 Å². The van der Waals surface area contributed by atoms with Crippen LogP contribution in [0.25, 0.3) is 0 Å². The summed E-state index contributed by atoms with van der Waals surface area (Å²) < 4.78 is 2.58. The zero-order valence-corrected chi connectivity index (χ0v) is 13.6. The Balaban J connectivity index is 3.03. The highest BCUT2D eigenvalue weighted by Gasteiger charge is 2.36. The lowest BCUT2D eigenvalue weighted by atomic mass is 10.4. The van der Waals surface area contributed by atoms with Crippen molar-refractivity contribution in [3.63, 3.8) is 0 Å². The fourth-order valence-corrected chi connectivity index (χ4v) is 7.73. The van der Waals surface area contributed by atoms with Crippen molar-refractivity contribution in [3.8, 4) is 0 Å². The molecule has 0 spiro atoms. The number of rotatable bonds is 8. The third kappa shape index (κ3) is 3.69. The summed E-state index contributed by atoms with van der Waals surface area (Å²) in [6.45, 7) is 4.61. The number of nitrogens with zero attached hydrogens (tertiary/aromatic N) is 1. The number of benzene rings is 1. The van der Waals surface area contributed by atoms with Crippen molar-refractivity contribution in [2.45, 2.75) is 51.6 Å². The van der Waals surface area contributed by atoms with Crippen LogP contribution < -0.4 is 5.19 Å². The first-order valence-electron chi connectivity index (χ1n) is 7.40. The van der Waals surface area contributed by atoms with E-state index in [1.165, 1.54) is 37.8 Å². The summed E-state index contributed by atoms with van der Waals surface area (Å²) in [7, 11) is 3.13. The molecule has 0 aliphatic carbocycles. The van der Waals surface area contributed by atoms with Gasteiger partial charge in [0.1, 0.15) is 0 Å². The number of unbranched alkanes of at least 4 members (excludes halogenated alkanes) is 2. The Hall–Kier alpha value is -0.603. The standard InChI is InChI=1S/C16H29NSi/c1-5-7-14-18(17(3)4,15-8-6-2)16-12-10-9-11-13-16/h9-13H,5-8,14-15H2,1-4H3. The zero-order chi connectivity index (χ0) is 13.4. The molecule has 0 bridgehead atoms. The van der Waals surface area contributed by atoms with Crippen LogP contribution in [0.3, 0.4) is 0 Å². The molecule has 0 radical (unpaired) electrons. The Morgan fingerprint density at radius 1 is 0.889 bits per heavy atom. The highest BCUT2D eigenvalue weighted by atomic mass is 28.3. The molecule has 0 unspecified atom stereocenters. The van der Waals surface area contributed by atoms with E-state index in [1.54, 1.807) is 5.19 Å². The van der Waals surface area contributed by atoms with Crippen LogP contribution in [0.15, 0.2) is 30.3 Å². The first-order chi connectivity index (χ1) is 8.67. The van der Waals surface area contributed by atoms with Crippen molar-refractivity contribution in [2.24, 2.45) is 0 Å². The zero-order valence-electron chi connectivity index (χ0n) is 12.6. The highest BCUT2D eigenvalue weighted by Crippen LogP contribution is 2.24. The normalized spacial score (nSPS) is 12.1. The summed E-state index contributed by atoms with van der Waals surface area (Å²) in [5.74, 6) is 0. The largest absolute Gasteiger partial charge is 0.325 e. The Labute approximate surface area is 114 Å². The van der Waals surface area contributed by atoms with Gasteiger partial charge < -0.3 is 4.57 Å². The smallest absolute Gasteiger partial charge is 0.159 e. The van der Waals surface area contributed by atoms with Gasteiger partial charge in [0.05, 0.1) is 0 Å². The lowest BCUT2D eigenvalue weighted by molar-refractivity contribution is 0.599. The fourth-order valence-electron chi connectivity index (χ4n) is 2.81. The average molecular weight is 264 g/mol. The first kappa shape index (κ1) is 15.5. The predicted octanol–water partition coefficient (Wildman–Crippen LogP) is 4.00. The molecule has 0 fully saturated rings. The maximum Gasteiger partial charge on any atom is 0.159 e. The molecular formula is C16H29NSi. The average Bonchev–Trinajstić information content (AvgIpc) is 2.40. The van der Waals surface area contributed by atoms with E-state index in [1.807, 2.05) is 0 Å². The van der Waals surface area contributed by atoms with Crippen LogP contribution in [-0.4, -0.2) is 26.9 Å². The lowest BCUT2D eigenvalue weighted by Gasteiger charge is -2.38. The van der Waals surface area contributed by atoms with Crippen molar-refractivity contribution < 1.29 is 0 Å². The third-order valence-electron chi connectivity index (χ3n) is 4.06. The monoisotopic (exact) mass is 263 g/mol. The van der Waals surface area contributed by atoms with E-state index in [2.05, 4.69) is 62.8 Å². The lowest BCUT2D eigenvalue weighted by Crippen LogP contribution is -2.59. The summed E-state index contributed by atoms with van der Waals surface area (Å²) in [5.41, 5.74) is 0. The van der Waals surface area contributed by atoms with Crippen LogP contribution in [-0.2, 0) is 0 Å². The SMILES string of the molecule is CCCC[Si](CCCC)(c1ccccc1)N(C)C. The van der Waals surface area contributed by atoms with E-state index in [4.69, 9.17) is 0 Å². The van der Waals surface area contributed by atoms with Crippen LogP contribution in [0, 0.1) is 0 Å². The first-order valence-corrected chi connectivity index (χ1v) is 9.76. The molecule has 0 saturated heterocycles. The molecule has 0 amide bonds. The maximum absolute atomic E-state index is 2.58. The summed E-state index contributed by atoms with van der Waals surface area (Å²) >= 11 is 0. The molecule has 1 aromatic rings. The summed E-state index contributed by atoms with van der Waals surface area (Å²) in [6.07, 6.45) is 5.34. The van der Waals surface area contributed by atoms with Gasteiger partial charge in [-0.15, -0.1) is 0 Å². The summed E-state index contributed by atoms with van der Waals surface area (Å²) in [5, 5.41) is 1.62. The molecule has 1 aromatic carbocycles. The molecule has 0 saturated carbocycles. The predicted molar refractivity (Wildman–Crippen MR) is 84.9 cm³/mol. The van der Waals surface area contributed by atoms with Gasteiger partial charge in [-0.25, -0.2) is 0 Å². The molecule has 102 valence electrons. The van der Waals surface area contributed by atoms with Crippen LogP contribution in [0.5, 0.6) is 0 Å². The molecule has 0 atom stereocenters. The number of hydrogen-bond acceptors (Lipinski definition) is 1. The molecule has 0 aliphatic rings. The molecule has 0 heterocycles. The van der Waals surface area contributed by atoms with Gasteiger partial charge in [0.15, 0.2) is 8.24 Å². The minimum atomic E-state index is -1.46. The topological polar surface area (TPSA) is 3.24 Å². The van der Waals surface area contributed by atoms with Crippen LogP contribution in [0.4, 0.5) is 0 Å². The van der Waals surface area contributed by atoms with Gasteiger partial charge in [-0.2, -0.15) is 0 Å². The van der Waals surface area contributed by atoms with Crippen LogP contribution >= 0.6 is 0 Å².